The maximum atomic E-state index is 6.24. The normalized spacial score (nSPS) is 26.3. The number of morpholine rings is 1. The number of halogens is 1. The van der Waals surface area contributed by atoms with E-state index in [1.54, 1.807) is 0 Å². The lowest BCUT2D eigenvalue weighted by Crippen LogP contribution is -2.47. The van der Waals surface area contributed by atoms with Gasteiger partial charge in [-0.15, -0.1) is 0 Å². The molecule has 0 radical (unpaired) electrons. The molecule has 3 atom stereocenters. The Balaban J connectivity index is 1.85. The van der Waals surface area contributed by atoms with Gasteiger partial charge < -0.3 is 10.5 Å². The van der Waals surface area contributed by atoms with E-state index in [4.69, 9.17) is 22.1 Å². The first-order valence-electron chi connectivity index (χ1n) is 6.93. The van der Waals surface area contributed by atoms with Gasteiger partial charge in [-0.2, -0.15) is 0 Å². The fourth-order valence-corrected chi connectivity index (χ4v) is 2.59. The molecular weight excluding hydrogens is 260 g/mol. The molecule has 1 fully saturated rings. The minimum absolute atomic E-state index is 0.0719. The van der Waals surface area contributed by atoms with Crippen molar-refractivity contribution < 1.29 is 4.74 Å². The van der Waals surface area contributed by atoms with Crippen molar-refractivity contribution in [3.8, 4) is 0 Å². The third-order valence-corrected chi connectivity index (χ3v) is 4.01. The zero-order chi connectivity index (χ0) is 13.8. The van der Waals surface area contributed by atoms with Crippen molar-refractivity contribution in [2.45, 2.75) is 38.5 Å². The zero-order valence-corrected chi connectivity index (χ0v) is 12.4. The van der Waals surface area contributed by atoms with Crippen LogP contribution in [0.25, 0.3) is 0 Å². The minimum Gasteiger partial charge on any atom is -0.376 e. The highest BCUT2D eigenvalue weighted by Crippen LogP contribution is 2.19. The van der Waals surface area contributed by atoms with Gasteiger partial charge in [-0.05, 0) is 38.0 Å². The van der Waals surface area contributed by atoms with Gasteiger partial charge in [0.25, 0.3) is 0 Å². The number of rotatable bonds is 4. The Hall–Kier alpha value is -0.610. The highest BCUT2D eigenvalue weighted by molar-refractivity contribution is 6.30. The van der Waals surface area contributed by atoms with Crippen LogP contribution in [-0.2, 0) is 4.74 Å². The van der Waals surface area contributed by atoms with Gasteiger partial charge in [-0.25, -0.2) is 0 Å². The van der Waals surface area contributed by atoms with Crippen LogP contribution in [0.5, 0.6) is 0 Å². The monoisotopic (exact) mass is 282 g/mol. The van der Waals surface area contributed by atoms with Crippen molar-refractivity contribution in [1.82, 2.24) is 4.90 Å². The molecule has 3 nitrogen and oxygen atoms in total. The number of ether oxygens (including phenoxy) is 1. The molecule has 3 unspecified atom stereocenters. The Labute approximate surface area is 120 Å². The molecule has 0 aromatic heterocycles. The zero-order valence-electron chi connectivity index (χ0n) is 11.7. The second kappa shape index (κ2) is 6.71. The maximum absolute atomic E-state index is 6.24. The van der Waals surface area contributed by atoms with Crippen molar-refractivity contribution in [2.24, 2.45) is 5.73 Å². The summed E-state index contributed by atoms with van der Waals surface area (Å²) in [5.41, 5.74) is 7.39. The Morgan fingerprint density at radius 1 is 1.37 bits per heavy atom. The molecular formula is C15H23ClN2O. The summed E-state index contributed by atoms with van der Waals surface area (Å²) in [4.78, 5) is 2.46. The molecule has 0 amide bonds. The van der Waals surface area contributed by atoms with E-state index in [9.17, 15) is 0 Å². The molecule has 1 heterocycles. The third kappa shape index (κ3) is 4.18. The second-order valence-corrected chi connectivity index (χ2v) is 5.87. The fraction of sp³-hybridized carbons (Fsp3) is 0.600. The quantitative estimate of drug-likeness (QED) is 0.923. The van der Waals surface area contributed by atoms with Gasteiger partial charge in [0.1, 0.15) is 0 Å². The number of hydrogen-bond acceptors (Lipinski definition) is 3. The van der Waals surface area contributed by atoms with E-state index in [0.29, 0.717) is 12.1 Å². The van der Waals surface area contributed by atoms with Crippen LogP contribution in [0.4, 0.5) is 0 Å². The van der Waals surface area contributed by atoms with Crippen LogP contribution in [0, 0.1) is 0 Å². The number of benzene rings is 1. The highest BCUT2D eigenvalue weighted by Gasteiger charge is 2.23. The van der Waals surface area contributed by atoms with E-state index < -0.39 is 0 Å². The van der Waals surface area contributed by atoms with E-state index in [1.165, 1.54) is 0 Å². The average Bonchev–Trinajstić information content (AvgIpc) is 2.40. The standard InChI is InChI=1S/C15H23ClN2O/c1-11-10-19-12(2)9-18(11)8-7-15(17)13-3-5-14(16)6-4-13/h3-6,11-12,15H,7-10,17H2,1-2H3. The molecule has 2 rings (SSSR count). The minimum atomic E-state index is 0.0719. The van der Waals surface area contributed by atoms with Crippen molar-refractivity contribution in [3.63, 3.8) is 0 Å². The predicted molar refractivity (Wildman–Crippen MR) is 79.4 cm³/mol. The number of nitrogens with zero attached hydrogens (tertiary/aromatic N) is 1. The summed E-state index contributed by atoms with van der Waals surface area (Å²) in [6.45, 7) is 7.15. The SMILES string of the molecule is CC1CN(CCC(N)c2ccc(Cl)cc2)C(C)CO1. The van der Waals surface area contributed by atoms with Crippen LogP contribution in [-0.4, -0.2) is 36.7 Å². The van der Waals surface area contributed by atoms with Gasteiger partial charge in [-0.1, -0.05) is 23.7 Å². The molecule has 4 heteroatoms. The summed E-state index contributed by atoms with van der Waals surface area (Å²) in [6, 6.07) is 8.37. The molecule has 0 spiro atoms. The molecule has 1 aliphatic rings. The summed E-state index contributed by atoms with van der Waals surface area (Å²) in [7, 11) is 0. The van der Waals surface area contributed by atoms with Gasteiger partial charge in [0.05, 0.1) is 12.7 Å². The topological polar surface area (TPSA) is 38.5 Å². The lowest BCUT2D eigenvalue weighted by atomic mass is 10.0. The summed E-state index contributed by atoms with van der Waals surface area (Å²) in [5.74, 6) is 0. The number of hydrogen-bond donors (Lipinski definition) is 1. The first-order valence-corrected chi connectivity index (χ1v) is 7.30. The van der Waals surface area contributed by atoms with E-state index in [2.05, 4.69) is 18.7 Å². The largest absolute Gasteiger partial charge is 0.376 e. The van der Waals surface area contributed by atoms with E-state index in [1.807, 2.05) is 24.3 Å². The molecule has 19 heavy (non-hydrogen) atoms. The van der Waals surface area contributed by atoms with Gasteiger partial charge >= 0.3 is 0 Å². The van der Waals surface area contributed by atoms with Gasteiger partial charge in [-0.3, -0.25) is 4.90 Å². The lowest BCUT2D eigenvalue weighted by Gasteiger charge is -2.37. The molecule has 1 aliphatic heterocycles. The van der Waals surface area contributed by atoms with Crippen LogP contribution in [0.3, 0.4) is 0 Å². The Morgan fingerprint density at radius 3 is 2.74 bits per heavy atom. The molecule has 0 bridgehead atoms. The molecule has 0 saturated carbocycles. The van der Waals surface area contributed by atoms with Gasteiger partial charge in [0.2, 0.25) is 0 Å². The molecule has 2 N–H and O–H groups in total. The van der Waals surface area contributed by atoms with Crippen LogP contribution in [0.2, 0.25) is 5.02 Å². The first-order chi connectivity index (χ1) is 9.06. The van der Waals surface area contributed by atoms with Crippen LogP contribution < -0.4 is 5.73 Å². The summed E-state index contributed by atoms with van der Waals surface area (Å²) >= 11 is 5.89. The van der Waals surface area contributed by atoms with E-state index in [-0.39, 0.29) is 6.04 Å². The molecule has 1 aromatic rings. The third-order valence-electron chi connectivity index (χ3n) is 3.76. The van der Waals surface area contributed by atoms with E-state index >= 15 is 0 Å². The van der Waals surface area contributed by atoms with Crippen molar-refractivity contribution >= 4 is 11.6 Å². The summed E-state index contributed by atoms with van der Waals surface area (Å²) in [5, 5.41) is 0.756. The predicted octanol–water partition coefficient (Wildman–Crippen LogP) is 2.84. The molecule has 106 valence electrons. The van der Waals surface area contributed by atoms with Crippen LogP contribution in [0.15, 0.2) is 24.3 Å². The van der Waals surface area contributed by atoms with Crippen molar-refractivity contribution in [3.05, 3.63) is 34.9 Å². The highest BCUT2D eigenvalue weighted by atomic mass is 35.5. The second-order valence-electron chi connectivity index (χ2n) is 5.43. The lowest BCUT2D eigenvalue weighted by molar-refractivity contribution is -0.0499. The molecule has 1 aromatic carbocycles. The van der Waals surface area contributed by atoms with Crippen molar-refractivity contribution in [2.75, 3.05) is 19.7 Å². The fourth-order valence-electron chi connectivity index (χ4n) is 2.47. The summed E-state index contributed by atoms with van der Waals surface area (Å²) < 4.78 is 5.64. The Bertz CT molecular complexity index is 396. The van der Waals surface area contributed by atoms with Gasteiger partial charge in [0.15, 0.2) is 0 Å². The Kier molecular flexibility index (Phi) is 5.22. The summed E-state index contributed by atoms with van der Waals surface area (Å²) in [6.07, 6.45) is 1.28. The maximum Gasteiger partial charge on any atom is 0.0674 e. The Morgan fingerprint density at radius 2 is 2.05 bits per heavy atom. The average molecular weight is 283 g/mol. The smallest absolute Gasteiger partial charge is 0.0674 e. The molecule has 1 saturated heterocycles. The number of nitrogens with two attached hydrogens (primary N) is 1. The van der Waals surface area contributed by atoms with Crippen LogP contribution >= 0.6 is 11.6 Å². The van der Waals surface area contributed by atoms with Crippen LogP contribution in [0.1, 0.15) is 31.9 Å². The first kappa shape index (κ1) is 14.8. The van der Waals surface area contributed by atoms with Crippen molar-refractivity contribution in [1.29, 1.82) is 0 Å². The molecule has 0 aliphatic carbocycles. The van der Waals surface area contributed by atoms with Gasteiger partial charge in [0, 0.05) is 30.2 Å². The van der Waals surface area contributed by atoms with E-state index in [0.717, 1.165) is 36.7 Å².